The molecular weight excluding hydrogens is 649 g/mol. The minimum absolute atomic E-state index is 0. The van der Waals surface area contributed by atoms with Gasteiger partial charge in [0.25, 0.3) is 0 Å². The van der Waals surface area contributed by atoms with Gasteiger partial charge in [0.05, 0.1) is 0 Å². The van der Waals surface area contributed by atoms with Crippen molar-refractivity contribution >= 4 is 60.2 Å². The van der Waals surface area contributed by atoms with Crippen LogP contribution < -0.4 is 0 Å². The van der Waals surface area contributed by atoms with Gasteiger partial charge in [0.2, 0.25) is 0 Å². The first-order chi connectivity index (χ1) is 24.1. The molecule has 1 radical (unpaired) electrons. The predicted molar refractivity (Wildman–Crippen MR) is 204 cm³/mol. The van der Waals surface area contributed by atoms with Crippen molar-refractivity contribution in [1.29, 1.82) is 5.41 Å². The molecule has 0 atom stereocenters. The molecule has 8 aromatic carbocycles. The normalized spacial score (nSPS) is 11.2. The summed E-state index contributed by atoms with van der Waals surface area (Å²) in [6.45, 7) is 4.13. The van der Waals surface area contributed by atoms with Gasteiger partial charge in [-0.1, -0.05) is 115 Å². The van der Waals surface area contributed by atoms with E-state index in [9.17, 15) is 0 Å². The summed E-state index contributed by atoms with van der Waals surface area (Å²) in [6.07, 6.45) is 0. The number of benzene rings is 8. The van der Waals surface area contributed by atoms with Crippen LogP contribution in [0.25, 0.3) is 76.7 Å². The van der Waals surface area contributed by atoms with E-state index in [1.807, 2.05) is 72.8 Å². The van der Waals surface area contributed by atoms with Crippen LogP contribution in [0.2, 0.25) is 0 Å². The molecule has 10 rings (SSSR count). The largest absolute Gasteiger partial charge is 0.456 e. The van der Waals surface area contributed by atoms with Crippen LogP contribution in [0.4, 0.5) is 0 Å². The number of hydrogen-bond acceptors (Lipinski definition) is 3. The van der Waals surface area contributed by atoms with E-state index in [4.69, 9.17) is 14.2 Å². The fourth-order valence-corrected chi connectivity index (χ4v) is 6.96. The van der Waals surface area contributed by atoms with Gasteiger partial charge in [-0.15, -0.1) is 6.07 Å². The van der Waals surface area contributed by atoms with Crippen LogP contribution in [-0.4, -0.2) is 5.71 Å². The van der Waals surface area contributed by atoms with E-state index in [1.54, 1.807) is 0 Å². The van der Waals surface area contributed by atoms with Crippen LogP contribution >= 0.6 is 0 Å². The third-order valence-corrected chi connectivity index (χ3v) is 9.30. The van der Waals surface area contributed by atoms with Crippen LogP contribution in [-0.2, 0) is 18.6 Å². The standard InChI is InChI=1S/C25H15O.C21H15NO.V/c1-15-10-11-18-20(12-15)19-8-5-9-22-24(19)25-21(18)13-17(14-23(25)26-22)16-6-3-2-4-7-16;22-21(20-14-17-9-4-5-12-19(17)23-20)18-11-6-10-16(13-18)15-7-2-1-3-8-15;/h2-14H,1H2;1-14,22H;/q-1;;. The van der Waals surface area contributed by atoms with Crippen LogP contribution in [0.1, 0.15) is 16.9 Å². The van der Waals surface area contributed by atoms with E-state index < -0.39 is 0 Å². The summed E-state index contributed by atoms with van der Waals surface area (Å²) in [6, 6.07) is 55.7. The summed E-state index contributed by atoms with van der Waals surface area (Å²) in [4.78, 5) is 0. The maximum absolute atomic E-state index is 8.47. The van der Waals surface area contributed by atoms with Gasteiger partial charge >= 0.3 is 0 Å². The first-order valence-electron chi connectivity index (χ1n) is 16.4. The summed E-state index contributed by atoms with van der Waals surface area (Å²) in [5, 5.41) is 16.9. The molecule has 0 bridgehead atoms. The molecule has 0 spiro atoms. The van der Waals surface area contributed by atoms with Gasteiger partial charge < -0.3 is 8.83 Å². The monoisotopic (exact) mass is 679 g/mol. The molecule has 0 aliphatic rings. The van der Waals surface area contributed by atoms with Crippen molar-refractivity contribution in [3.05, 3.63) is 188 Å². The van der Waals surface area contributed by atoms with E-state index in [1.165, 1.54) is 43.4 Å². The molecule has 0 aliphatic carbocycles. The Hall–Kier alpha value is -6.00. The first kappa shape index (κ1) is 31.3. The van der Waals surface area contributed by atoms with Crippen molar-refractivity contribution in [3.8, 4) is 22.3 Å². The molecule has 50 heavy (non-hydrogen) atoms. The van der Waals surface area contributed by atoms with E-state index in [2.05, 4.69) is 97.9 Å². The van der Waals surface area contributed by atoms with E-state index in [0.717, 1.165) is 44.4 Å². The molecule has 2 aromatic heterocycles. The topological polar surface area (TPSA) is 50.1 Å². The van der Waals surface area contributed by atoms with Crippen molar-refractivity contribution in [3.63, 3.8) is 0 Å². The minimum atomic E-state index is 0. The molecule has 2 heterocycles. The van der Waals surface area contributed by atoms with E-state index in [0.29, 0.717) is 11.5 Å². The van der Waals surface area contributed by atoms with Crippen molar-refractivity contribution in [2.24, 2.45) is 0 Å². The Bertz CT molecular complexity index is 2760. The maximum Gasteiger partial charge on any atom is 0.153 e. The van der Waals surface area contributed by atoms with Crippen molar-refractivity contribution < 1.29 is 27.4 Å². The number of furan rings is 2. The van der Waals surface area contributed by atoms with Gasteiger partial charge in [0.1, 0.15) is 22.5 Å². The molecule has 0 amide bonds. The Morgan fingerprint density at radius 2 is 1.10 bits per heavy atom. The van der Waals surface area contributed by atoms with Gasteiger partial charge in [0, 0.05) is 40.3 Å². The summed E-state index contributed by atoms with van der Waals surface area (Å²) in [7, 11) is 0. The predicted octanol–water partition coefficient (Wildman–Crippen LogP) is 12.7. The average Bonchev–Trinajstić information content (AvgIpc) is 3.77. The minimum Gasteiger partial charge on any atom is -0.456 e. The van der Waals surface area contributed by atoms with Crippen LogP contribution in [0.3, 0.4) is 0 Å². The van der Waals surface area contributed by atoms with Crippen LogP contribution in [0, 0.1) is 12.3 Å². The smallest absolute Gasteiger partial charge is 0.153 e. The zero-order valence-corrected chi connectivity index (χ0v) is 28.5. The molecule has 0 saturated carbocycles. The van der Waals surface area contributed by atoms with E-state index in [-0.39, 0.29) is 18.6 Å². The molecule has 1 N–H and O–H groups in total. The zero-order chi connectivity index (χ0) is 32.9. The third-order valence-electron chi connectivity index (χ3n) is 9.30. The fraction of sp³-hybridized carbons (Fsp3) is 0. The SMILES string of the molecule is N=C(c1cccc(-c2ccccc2)c1)c1cc2ccccc2o1.[CH2-]c1ccc2c(c1)c1cccc3oc4cc(-c5ccccc5)cc2c4c31.[V]. The third kappa shape index (κ3) is 5.43. The summed E-state index contributed by atoms with van der Waals surface area (Å²) in [5.74, 6) is 0.594. The molecule has 0 unspecified atom stereocenters. The quantitative estimate of drug-likeness (QED) is 0.114. The van der Waals surface area contributed by atoms with Crippen LogP contribution in [0.15, 0.2) is 173 Å². The Labute approximate surface area is 301 Å². The van der Waals surface area contributed by atoms with Gasteiger partial charge in [-0.2, -0.15) is 24.6 Å². The molecule has 3 nitrogen and oxygen atoms in total. The van der Waals surface area contributed by atoms with Gasteiger partial charge in [-0.3, -0.25) is 5.41 Å². The average molecular weight is 680 g/mol. The Morgan fingerprint density at radius 1 is 0.440 bits per heavy atom. The molecule has 237 valence electrons. The van der Waals surface area contributed by atoms with E-state index >= 15 is 0 Å². The number of hydrogen-bond donors (Lipinski definition) is 1. The van der Waals surface area contributed by atoms with Crippen molar-refractivity contribution in [2.75, 3.05) is 0 Å². The summed E-state index contributed by atoms with van der Waals surface area (Å²) in [5.41, 5.74) is 9.62. The van der Waals surface area contributed by atoms with Gasteiger partial charge in [0.15, 0.2) is 5.76 Å². The number of rotatable bonds is 4. The second-order valence-electron chi connectivity index (χ2n) is 12.4. The van der Waals surface area contributed by atoms with Crippen molar-refractivity contribution in [1.82, 2.24) is 0 Å². The number of nitrogens with one attached hydrogen (secondary N) is 1. The molecule has 0 fully saturated rings. The summed E-state index contributed by atoms with van der Waals surface area (Å²) >= 11 is 0. The zero-order valence-electron chi connectivity index (χ0n) is 27.1. The first-order valence-corrected chi connectivity index (χ1v) is 16.4. The number of para-hydroxylation sites is 1. The van der Waals surface area contributed by atoms with Gasteiger partial charge in [-0.05, 0) is 74.8 Å². The fourth-order valence-electron chi connectivity index (χ4n) is 6.96. The molecule has 0 saturated heterocycles. The Kier molecular flexibility index (Phi) is 8.01. The Morgan fingerprint density at radius 3 is 1.88 bits per heavy atom. The molecule has 4 heteroatoms. The summed E-state index contributed by atoms with van der Waals surface area (Å²) < 4.78 is 12.1. The van der Waals surface area contributed by atoms with Gasteiger partial charge in [-0.25, -0.2) is 0 Å². The molecule has 0 aliphatic heterocycles. The second kappa shape index (κ2) is 12.8. The molecular formula is C46H30NO2V-. The maximum atomic E-state index is 8.47. The second-order valence-corrected chi connectivity index (χ2v) is 12.4. The van der Waals surface area contributed by atoms with Crippen LogP contribution in [0.5, 0.6) is 0 Å². The number of fused-ring (bicyclic) bond motifs is 4. The van der Waals surface area contributed by atoms with Crippen molar-refractivity contribution in [2.45, 2.75) is 0 Å². The molecule has 10 aromatic rings. The Balaban J connectivity index is 0.000000143.